The number of carbonyl (C=O) groups is 1. The van der Waals surface area contributed by atoms with Gasteiger partial charge in [-0.15, -0.1) is 0 Å². The highest BCUT2D eigenvalue weighted by molar-refractivity contribution is 5.76. The van der Waals surface area contributed by atoms with E-state index in [1.165, 1.54) is 6.92 Å². The van der Waals surface area contributed by atoms with Gasteiger partial charge in [-0.2, -0.15) is 0 Å². The van der Waals surface area contributed by atoms with E-state index >= 15 is 0 Å². The van der Waals surface area contributed by atoms with Gasteiger partial charge in [0.2, 0.25) is 5.67 Å². The Morgan fingerprint density at radius 2 is 1.69 bits per heavy atom. The number of alkyl halides is 1. The Labute approximate surface area is 193 Å². The van der Waals surface area contributed by atoms with Gasteiger partial charge in [-0.25, -0.2) is 9.18 Å². The Bertz CT molecular complexity index is 724. The summed E-state index contributed by atoms with van der Waals surface area (Å²) in [5.74, 6) is 0.723. The van der Waals surface area contributed by atoms with Gasteiger partial charge < -0.3 is 15.3 Å². The highest BCUT2D eigenvalue weighted by Crippen LogP contribution is 2.69. The van der Waals surface area contributed by atoms with E-state index in [9.17, 15) is 24.5 Å². The molecule has 4 nitrogen and oxygen atoms in total. The van der Waals surface area contributed by atoms with Crippen LogP contribution >= 0.6 is 0 Å². The van der Waals surface area contributed by atoms with Gasteiger partial charge in [0.1, 0.15) is 0 Å². The molecule has 4 aliphatic carbocycles. The average Bonchev–Trinajstić information content (AvgIpc) is 3.06. The fourth-order valence-corrected chi connectivity index (χ4v) is 9.77. The molecule has 0 aromatic heterocycles. The van der Waals surface area contributed by atoms with Crippen LogP contribution in [0, 0.1) is 52.3 Å². The van der Waals surface area contributed by atoms with E-state index in [1.54, 1.807) is 0 Å². The Kier molecular flexibility index (Phi) is 6.28. The molecule has 0 aliphatic heterocycles. The van der Waals surface area contributed by atoms with Crippen LogP contribution in [0.25, 0.3) is 0 Å². The molecule has 0 spiro atoms. The third-order valence-electron chi connectivity index (χ3n) is 11.3. The molecule has 0 amide bonds. The lowest BCUT2D eigenvalue weighted by Gasteiger charge is -2.64. The molecule has 5 unspecified atom stereocenters. The third-order valence-corrected chi connectivity index (χ3v) is 11.3. The topological polar surface area (TPSA) is 77.8 Å². The quantitative estimate of drug-likeness (QED) is 0.518. The van der Waals surface area contributed by atoms with Crippen molar-refractivity contribution in [1.82, 2.24) is 0 Å². The average molecular weight is 453 g/mol. The largest absolute Gasteiger partial charge is 0.479 e. The second-order valence-electron chi connectivity index (χ2n) is 12.8. The zero-order valence-electron chi connectivity index (χ0n) is 20.7. The van der Waals surface area contributed by atoms with Crippen LogP contribution in [0.1, 0.15) is 92.4 Å². The molecule has 12 atom stereocenters. The van der Waals surface area contributed by atoms with E-state index in [2.05, 4.69) is 20.8 Å². The second kappa shape index (κ2) is 8.22. The number of aliphatic carboxylic acids is 1. The number of carboxylic acid groups (broad SMARTS) is 1. The molecule has 184 valence electrons. The molecule has 0 saturated heterocycles. The van der Waals surface area contributed by atoms with E-state index in [4.69, 9.17) is 0 Å². The van der Waals surface area contributed by atoms with Gasteiger partial charge in [-0.05, 0) is 111 Å². The zero-order chi connectivity index (χ0) is 23.6. The predicted molar refractivity (Wildman–Crippen MR) is 123 cm³/mol. The maximum Gasteiger partial charge on any atom is 0.341 e. The van der Waals surface area contributed by atoms with Crippen LogP contribution in [0.15, 0.2) is 0 Å². The van der Waals surface area contributed by atoms with Gasteiger partial charge in [0, 0.05) is 0 Å². The van der Waals surface area contributed by atoms with Crippen LogP contribution < -0.4 is 0 Å². The molecule has 3 N–H and O–H groups in total. The van der Waals surface area contributed by atoms with Crippen LogP contribution in [0.4, 0.5) is 4.39 Å². The highest BCUT2D eigenvalue weighted by atomic mass is 19.1. The first kappa shape index (κ1) is 24.4. The molecule has 32 heavy (non-hydrogen) atoms. The summed E-state index contributed by atoms with van der Waals surface area (Å²) in [6.45, 7) is 10.2. The monoisotopic (exact) mass is 452 g/mol. The number of hydrogen-bond acceptors (Lipinski definition) is 3. The lowest BCUT2D eigenvalue weighted by Crippen LogP contribution is -2.62. The van der Waals surface area contributed by atoms with Gasteiger partial charge in [0.15, 0.2) is 0 Å². The standard InChI is InChI=1S/C27H45FO4/c1-6-17-21-13-16(29)9-11-26(21,4)20-10-12-25(3)18(7-8-19(25)22(20)23(17)30)15(2)14-27(5,28)24(31)32/h15-23,29-30H,6-14H2,1-5H3,(H,31,32)/t15-,16-,17-,18-,19?,20?,21+,22?,23?,25-,26-,27?/m1/s1. The van der Waals surface area contributed by atoms with Gasteiger partial charge in [0.25, 0.3) is 0 Å². The molecule has 4 fully saturated rings. The second-order valence-corrected chi connectivity index (χ2v) is 12.8. The molecule has 0 heterocycles. The minimum atomic E-state index is -2.19. The van der Waals surface area contributed by atoms with E-state index < -0.39 is 11.6 Å². The van der Waals surface area contributed by atoms with Crippen molar-refractivity contribution >= 4 is 5.97 Å². The maximum atomic E-state index is 14.7. The van der Waals surface area contributed by atoms with Crippen LogP contribution in [0.5, 0.6) is 0 Å². The third kappa shape index (κ3) is 3.56. The molecule has 4 aliphatic rings. The number of halogens is 1. The molecule has 0 aromatic rings. The van der Waals surface area contributed by atoms with Crippen LogP contribution in [0.2, 0.25) is 0 Å². The minimum absolute atomic E-state index is 0.00326. The van der Waals surface area contributed by atoms with Gasteiger partial charge in [0.05, 0.1) is 12.2 Å². The first-order valence-electron chi connectivity index (χ1n) is 13.1. The summed E-state index contributed by atoms with van der Waals surface area (Å²) in [5.41, 5.74) is -1.98. The number of aliphatic hydroxyl groups is 2. The number of aliphatic hydroxyl groups excluding tert-OH is 2. The smallest absolute Gasteiger partial charge is 0.341 e. The first-order chi connectivity index (χ1) is 14.9. The molecule has 0 bridgehead atoms. The Morgan fingerprint density at radius 3 is 2.31 bits per heavy atom. The van der Waals surface area contributed by atoms with Crippen LogP contribution in [-0.4, -0.2) is 39.2 Å². The molecular formula is C27H45FO4. The van der Waals surface area contributed by atoms with Crippen molar-refractivity contribution in [2.75, 3.05) is 0 Å². The molecule has 0 aromatic carbocycles. The Morgan fingerprint density at radius 1 is 1.06 bits per heavy atom. The summed E-state index contributed by atoms with van der Waals surface area (Å²) in [4.78, 5) is 11.4. The predicted octanol–water partition coefficient (Wildman–Crippen LogP) is 5.45. The Hall–Kier alpha value is -0.680. The molecule has 0 radical (unpaired) electrons. The summed E-state index contributed by atoms with van der Waals surface area (Å²) < 4.78 is 14.7. The SMILES string of the molecule is CC[C@H]1C(O)C2C3CC[C@H]([C@H](C)CC(C)(F)C(=O)O)[C@@]3(C)CCC2[C@@]2(C)CC[C@@H](O)C[C@@H]12. The summed E-state index contributed by atoms with van der Waals surface area (Å²) in [7, 11) is 0. The molecular weight excluding hydrogens is 407 g/mol. The molecule has 4 saturated carbocycles. The van der Waals surface area contributed by atoms with Gasteiger partial charge >= 0.3 is 5.97 Å². The molecule has 4 rings (SSSR count). The minimum Gasteiger partial charge on any atom is -0.479 e. The zero-order valence-corrected chi connectivity index (χ0v) is 20.7. The van der Waals surface area contributed by atoms with Crippen LogP contribution in [-0.2, 0) is 4.79 Å². The summed E-state index contributed by atoms with van der Waals surface area (Å²) >= 11 is 0. The number of hydrogen-bond donors (Lipinski definition) is 3. The summed E-state index contributed by atoms with van der Waals surface area (Å²) in [5, 5.41) is 31.5. The number of rotatable bonds is 5. The maximum absolute atomic E-state index is 14.7. The van der Waals surface area contributed by atoms with E-state index in [0.717, 1.165) is 51.4 Å². The Balaban J connectivity index is 1.62. The van der Waals surface area contributed by atoms with Crippen molar-refractivity contribution in [3.63, 3.8) is 0 Å². The first-order valence-corrected chi connectivity index (χ1v) is 13.1. The fraction of sp³-hybridized carbons (Fsp3) is 0.963. The van der Waals surface area contributed by atoms with Gasteiger partial charge in [-0.1, -0.05) is 34.1 Å². The molecule has 5 heteroatoms. The highest BCUT2D eigenvalue weighted by Gasteiger charge is 2.65. The van der Waals surface area contributed by atoms with Crippen molar-refractivity contribution in [2.45, 2.75) is 110 Å². The van der Waals surface area contributed by atoms with Crippen molar-refractivity contribution in [3.8, 4) is 0 Å². The lowest BCUT2D eigenvalue weighted by atomic mass is 9.41. The van der Waals surface area contributed by atoms with Crippen molar-refractivity contribution in [1.29, 1.82) is 0 Å². The van der Waals surface area contributed by atoms with Crippen molar-refractivity contribution in [3.05, 3.63) is 0 Å². The van der Waals surface area contributed by atoms with E-state index in [1.807, 2.05) is 6.92 Å². The van der Waals surface area contributed by atoms with E-state index in [-0.39, 0.29) is 47.2 Å². The fourth-order valence-electron chi connectivity index (χ4n) is 9.77. The number of carboxylic acids is 1. The van der Waals surface area contributed by atoms with Gasteiger partial charge in [-0.3, -0.25) is 0 Å². The summed E-state index contributed by atoms with van der Waals surface area (Å²) in [6, 6.07) is 0. The number of fused-ring (bicyclic) bond motifs is 5. The van der Waals surface area contributed by atoms with Crippen molar-refractivity contribution in [2.24, 2.45) is 52.3 Å². The van der Waals surface area contributed by atoms with Crippen molar-refractivity contribution < 1.29 is 24.5 Å². The normalized spacial score (nSPS) is 51.1. The lowest BCUT2D eigenvalue weighted by molar-refractivity contribution is -0.203. The summed E-state index contributed by atoms with van der Waals surface area (Å²) in [6.07, 6.45) is 7.39. The van der Waals surface area contributed by atoms with Crippen LogP contribution in [0.3, 0.4) is 0 Å². The van der Waals surface area contributed by atoms with E-state index in [0.29, 0.717) is 23.7 Å².